The van der Waals surface area contributed by atoms with Crippen LogP contribution in [-0.2, 0) is 6.42 Å². The number of nitrogens with two attached hydrogens (primary N) is 1. The van der Waals surface area contributed by atoms with Gasteiger partial charge in [0.2, 0.25) is 0 Å². The van der Waals surface area contributed by atoms with Crippen molar-refractivity contribution in [2.75, 3.05) is 5.73 Å². The Labute approximate surface area is 81.1 Å². The zero-order valence-electron chi connectivity index (χ0n) is 6.60. The Balaban J connectivity index is 2.96. The number of benzene rings is 1. The van der Waals surface area contributed by atoms with E-state index in [1.807, 2.05) is 6.07 Å². The summed E-state index contributed by atoms with van der Waals surface area (Å²) in [5.74, 6) is 0. The number of hydrogen-bond acceptors (Lipinski definition) is 1. The van der Waals surface area contributed by atoms with Crippen molar-refractivity contribution in [3.05, 3.63) is 27.3 Å². The van der Waals surface area contributed by atoms with Gasteiger partial charge in [0, 0.05) is 9.26 Å². The smallest absolute Gasteiger partial charge is 0.0482 e. The van der Waals surface area contributed by atoms with Crippen LogP contribution < -0.4 is 5.73 Å². The Hall–Kier alpha value is -0.250. The molecule has 1 aromatic rings. The van der Waals surface area contributed by atoms with Crippen LogP contribution in [0.25, 0.3) is 0 Å². The monoisotopic (exact) mass is 261 g/mol. The molecular formula is C9H12IN. The van der Waals surface area contributed by atoms with Crippen LogP contribution in [0.1, 0.15) is 18.9 Å². The molecule has 0 bridgehead atoms. The van der Waals surface area contributed by atoms with Gasteiger partial charge in [-0.25, -0.2) is 0 Å². The van der Waals surface area contributed by atoms with Crippen molar-refractivity contribution in [2.45, 2.75) is 19.8 Å². The second kappa shape index (κ2) is 3.95. The molecule has 1 nitrogen and oxygen atoms in total. The summed E-state index contributed by atoms with van der Waals surface area (Å²) in [6.07, 6.45) is 2.24. The molecule has 1 aromatic carbocycles. The Morgan fingerprint density at radius 3 is 2.82 bits per heavy atom. The minimum atomic E-state index is 0.954. The molecule has 0 radical (unpaired) electrons. The highest BCUT2D eigenvalue weighted by molar-refractivity contribution is 14.1. The fraction of sp³-hybridized carbons (Fsp3) is 0.333. The minimum Gasteiger partial charge on any atom is -0.398 e. The van der Waals surface area contributed by atoms with Crippen LogP contribution in [0, 0.1) is 3.57 Å². The van der Waals surface area contributed by atoms with Gasteiger partial charge in [-0.15, -0.1) is 0 Å². The maximum atomic E-state index is 5.86. The highest BCUT2D eigenvalue weighted by Gasteiger charge is 1.99. The average molecular weight is 261 g/mol. The lowest BCUT2D eigenvalue weighted by molar-refractivity contribution is 0.923. The summed E-state index contributed by atoms with van der Waals surface area (Å²) < 4.78 is 1.16. The third kappa shape index (κ3) is 2.09. The van der Waals surface area contributed by atoms with E-state index in [-0.39, 0.29) is 0 Å². The molecule has 11 heavy (non-hydrogen) atoms. The Morgan fingerprint density at radius 2 is 2.18 bits per heavy atom. The van der Waals surface area contributed by atoms with E-state index in [1.165, 1.54) is 5.56 Å². The van der Waals surface area contributed by atoms with Crippen LogP contribution in [0.5, 0.6) is 0 Å². The maximum absolute atomic E-state index is 5.86. The molecule has 0 aliphatic rings. The van der Waals surface area contributed by atoms with Crippen molar-refractivity contribution in [2.24, 2.45) is 0 Å². The molecule has 0 aliphatic heterocycles. The van der Waals surface area contributed by atoms with Gasteiger partial charge in [-0.1, -0.05) is 25.5 Å². The highest BCUT2D eigenvalue weighted by atomic mass is 127. The van der Waals surface area contributed by atoms with E-state index in [0.717, 1.165) is 22.1 Å². The quantitative estimate of drug-likeness (QED) is 0.643. The van der Waals surface area contributed by atoms with Gasteiger partial charge in [0.1, 0.15) is 0 Å². The van der Waals surface area contributed by atoms with Gasteiger partial charge in [0.05, 0.1) is 0 Å². The molecule has 0 spiro atoms. The molecule has 0 aromatic heterocycles. The van der Waals surface area contributed by atoms with Crippen LogP contribution in [0.4, 0.5) is 5.69 Å². The lowest BCUT2D eigenvalue weighted by Crippen LogP contribution is -1.96. The Morgan fingerprint density at radius 1 is 1.45 bits per heavy atom. The molecule has 0 aliphatic carbocycles. The summed E-state index contributed by atoms with van der Waals surface area (Å²) in [4.78, 5) is 0. The molecule has 0 amide bonds. The molecule has 2 N–H and O–H groups in total. The zero-order chi connectivity index (χ0) is 8.27. The Bertz CT molecular complexity index is 245. The second-order valence-electron chi connectivity index (χ2n) is 2.56. The molecule has 0 unspecified atom stereocenters. The van der Waals surface area contributed by atoms with E-state index in [4.69, 9.17) is 5.73 Å². The number of para-hydroxylation sites is 1. The van der Waals surface area contributed by atoms with Gasteiger partial charge in [-0.3, -0.25) is 0 Å². The van der Waals surface area contributed by atoms with E-state index in [2.05, 4.69) is 41.6 Å². The van der Waals surface area contributed by atoms with Crippen molar-refractivity contribution in [3.8, 4) is 0 Å². The molecule has 0 saturated heterocycles. The maximum Gasteiger partial charge on any atom is 0.0482 e. The van der Waals surface area contributed by atoms with Crippen LogP contribution in [0.3, 0.4) is 0 Å². The first-order valence-corrected chi connectivity index (χ1v) is 4.86. The number of aryl methyl sites for hydroxylation is 1. The lowest BCUT2D eigenvalue weighted by atomic mass is 10.1. The van der Waals surface area contributed by atoms with Gasteiger partial charge in [-0.05, 0) is 40.6 Å². The number of nitrogen functional groups attached to an aromatic ring is 1. The first kappa shape index (κ1) is 8.84. The van der Waals surface area contributed by atoms with Crippen LogP contribution in [0.2, 0.25) is 0 Å². The summed E-state index contributed by atoms with van der Waals surface area (Å²) in [7, 11) is 0. The van der Waals surface area contributed by atoms with Crippen molar-refractivity contribution in [1.29, 1.82) is 0 Å². The van der Waals surface area contributed by atoms with E-state index in [1.54, 1.807) is 0 Å². The minimum absolute atomic E-state index is 0.954. The third-order valence-electron chi connectivity index (χ3n) is 1.66. The Kier molecular flexibility index (Phi) is 3.17. The molecule has 2 heteroatoms. The van der Waals surface area contributed by atoms with Gasteiger partial charge in [0.25, 0.3) is 0 Å². The summed E-state index contributed by atoms with van der Waals surface area (Å²) >= 11 is 2.26. The van der Waals surface area contributed by atoms with E-state index < -0.39 is 0 Å². The second-order valence-corrected chi connectivity index (χ2v) is 3.72. The van der Waals surface area contributed by atoms with E-state index >= 15 is 0 Å². The molecule has 0 fully saturated rings. The first-order valence-electron chi connectivity index (χ1n) is 3.78. The van der Waals surface area contributed by atoms with Crippen LogP contribution >= 0.6 is 22.6 Å². The van der Waals surface area contributed by atoms with Gasteiger partial charge >= 0.3 is 0 Å². The van der Waals surface area contributed by atoms with Gasteiger partial charge < -0.3 is 5.73 Å². The predicted molar refractivity (Wildman–Crippen MR) is 57.6 cm³/mol. The largest absolute Gasteiger partial charge is 0.398 e. The number of rotatable bonds is 2. The molecule has 0 saturated carbocycles. The van der Waals surface area contributed by atoms with Crippen LogP contribution in [-0.4, -0.2) is 0 Å². The van der Waals surface area contributed by atoms with E-state index in [9.17, 15) is 0 Å². The molecule has 0 atom stereocenters. The third-order valence-corrected chi connectivity index (χ3v) is 2.60. The molecule has 0 heterocycles. The number of anilines is 1. The predicted octanol–water partition coefficient (Wildman–Crippen LogP) is 2.83. The molecule has 1 rings (SSSR count). The number of hydrogen-bond donors (Lipinski definition) is 1. The highest BCUT2D eigenvalue weighted by Crippen LogP contribution is 2.20. The number of halogens is 1. The molecular weight excluding hydrogens is 249 g/mol. The average Bonchev–Trinajstić information content (AvgIpc) is 1.99. The first-order chi connectivity index (χ1) is 5.25. The van der Waals surface area contributed by atoms with Crippen molar-refractivity contribution in [3.63, 3.8) is 0 Å². The fourth-order valence-electron chi connectivity index (χ4n) is 1.07. The summed E-state index contributed by atoms with van der Waals surface area (Å²) in [5.41, 5.74) is 8.09. The zero-order valence-corrected chi connectivity index (χ0v) is 8.76. The lowest BCUT2D eigenvalue weighted by Gasteiger charge is -2.04. The normalized spacial score (nSPS) is 10.0. The summed E-state index contributed by atoms with van der Waals surface area (Å²) in [6, 6.07) is 6.19. The molecule has 60 valence electrons. The van der Waals surface area contributed by atoms with Crippen molar-refractivity contribution >= 4 is 28.3 Å². The van der Waals surface area contributed by atoms with Gasteiger partial charge in [0.15, 0.2) is 0 Å². The standard InChI is InChI=1S/C9H12IN/c1-2-4-7-5-3-6-8(10)9(7)11/h3,5-6H,2,4,11H2,1H3. The van der Waals surface area contributed by atoms with E-state index in [0.29, 0.717) is 0 Å². The topological polar surface area (TPSA) is 26.0 Å². The SMILES string of the molecule is CCCc1cccc(I)c1N. The summed E-state index contributed by atoms with van der Waals surface area (Å²) in [5, 5.41) is 0. The van der Waals surface area contributed by atoms with Crippen molar-refractivity contribution < 1.29 is 0 Å². The fourth-order valence-corrected chi connectivity index (χ4v) is 1.62. The summed E-state index contributed by atoms with van der Waals surface area (Å²) in [6.45, 7) is 2.17. The van der Waals surface area contributed by atoms with Gasteiger partial charge in [-0.2, -0.15) is 0 Å². The van der Waals surface area contributed by atoms with Crippen molar-refractivity contribution in [1.82, 2.24) is 0 Å². The van der Waals surface area contributed by atoms with Crippen LogP contribution in [0.15, 0.2) is 18.2 Å².